The largest absolute Gasteiger partial charge is 0.497 e. The lowest BCUT2D eigenvalue weighted by Crippen LogP contribution is -2.33. The number of esters is 1. The zero-order valence-corrected chi connectivity index (χ0v) is 17.2. The number of methoxy groups -OCH3 is 2. The van der Waals surface area contributed by atoms with E-state index >= 15 is 0 Å². The van der Waals surface area contributed by atoms with Crippen LogP contribution >= 0.6 is 0 Å². The second kappa shape index (κ2) is 8.10. The number of anilines is 1. The summed E-state index contributed by atoms with van der Waals surface area (Å²) in [4.78, 5) is 44.4. The minimum atomic E-state index is -1.07. The molecule has 9 nitrogen and oxygen atoms in total. The standard InChI is InChI=1S/C22H20N2O7/c1-4-30-22(27)12-5-7-13(8-6-12)24-20(25)17-18(23-31-19(17)21(24)26)15-11-14(28-2)9-10-16(15)29-3/h5-11,17,19H,4H2,1-3H3/t17-,19+/m1/s1. The van der Waals surface area contributed by atoms with Gasteiger partial charge in [-0.2, -0.15) is 0 Å². The Kier molecular flexibility index (Phi) is 5.33. The molecular formula is C22H20N2O7. The summed E-state index contributed by atoms with van der Waals surface area (Å²) in [5, 5.41) is 4.01. The minimum absolute atomic E-state index is 0.250. The molecule has 0 N–H and O–H groups in total. The highest BCUT2D eigenvalue weighted by Gasteiger charge is 2.56. The highest BCUT2D eigenvalue weighted by atomic mass is 16.7. The van der Waals surface area contributed by atoms with E-state index in [1.807, 2.05) is 0 Å². The third kappa shape index (κ3) is 3.37. The summed E-state index contributed by atoms with van der Waals surface area (Å²) in [5.74, 6) is -1.38. The topological polar surface area (TPSA) is 104 Å². The third-order valence-electron chi connectivity index (χ3n) is 5.13. The van der Waals surface area contributed by atoms with E-state index in [9.17, 15) is 14.4 Å². The molecule has 1 saturated heterocycles. The lowest BCUT2D eigenvalue weighted by Gasteiger charge is -2.16. The molecule has 2 aliphatic rings. The van der Waals surface area contributed by atoms with Gasteiger partial charge in [-0.15, -0.1) is 0 Å². The van der Waals surface area contributed by atoms with E-state index in [0.717, 1.165) is 4.90 Å². The van der Waals surface area contributed by atoms with Gasteiger partial charge in [0.2, 0.25) is 12.0 Å². The smallest absolute Gasteiger partial charge is 0.338 e. The van der Waals surface area contributed by atoms with Gasteiger partial charge in [-0.3, -0.25) is 9.59 Å². The molecule has 0 saturated carbocycles. The van der Waals surface area contributed by atoms with Crippen LogP contribution in [0.4, 0.5) is 5.69 Å². The number of hydrogen-bond acceptors (Lipinski definition) is 8. The molecule has 0 unspecified atom stereocenters. The summed E-state index contributed by atoms with van der Waals surface area (Å²) in [5.41, 5.74) is 1.46. The molecule has 1 fully saturated rings. The maximum atomic E-state index is 13.2. The van der Waals surface area contributed by atoms with Crippen LogP contribution in [0.5, 0.6) is 11.5 Å². The molecule has 9 heteroatoms. The van der Waals surface area contributed by atoms with Gasteiger partial charge in [-0.25, -0.2) is 9.69 Å². The molecule has 2 heterocycles. The summed E-state index contributed by atoms with van der Waals surface area (Å²) in [6, 6.07) is 11.1. The first-order valence-corrected chi connectivity index (χ1v) is 9.61. The van der Waals surface area contributed by atoms with Crippen molar-refractivity contribution in [3.63, 3.8) is 0 Å². The van der Waals surface area contributed by atoms with Crippen LogP contribution in [0, 0.1) is 5.92 Å². The Labute approximate surface area is 178 Å². The normalized spacial score (nSPS) is 19.6. The van der Waals surface area contributed by atoms with Gasteiger partial charge in [0.15, 0.2) is 0 Å². The molecular weight excluding hydrogens is 404 g/mol. The Morgan fingerprint density at radius 2 is 1.81 bits per heavy atom. The van der Waals surface area contributed by atoms with Crippen molar-refractivity contribution in [3.05, 3.63) is 53.6 Å². The number of benzene rings is 2. The van der Waals surface area contributed by atoms with E-state index in [1.54, 1.807) is 25.1 Å². The predicted molar refractivity (Wildman–Crippen MR) is 109 cm³/mol. The van der Waals surface area contributed by atoms with Crippen LogP contribution in [-0.2, 0) is 19.2 Å². The van der Waals surface area contributed by atoms with Crippen LogP contribution in [0.25, 0.3) is 0 Å². The van der Waals surface area contributed by atoms with Crippen LogP contribution in [0.1, 0.15) is 22.8 Å². The average Bonchev–Trinajstić information content (AvgIpc) is 3.33. The number of hydrogen-bond donors (Lipinski definition) is 0. The summed E-state index contributed by atoms with van der Waals surface area (Å²) in [7, 11) is 3.02. The fourth-order valence-electron chi connectivity index (χ4n) is 3.63. The van der Waals surface area contributed by atoms with Gasteiger partial charge in [0.05, 0.1) is 32.1 Å². The molecule has 0 radical (unpaired) electrons. The maximum absolute atomic E-state index is 13.2. The SMILES string of the molecule is CCOC(=O)c1ccc(N2C(=O)[C@@H]3C(c4cc(OC)ccc4OC)=NO[C@@H]3C2=O)cc1. The Morgan fingerprint density at radius 3 is 2.45 bits per heavy atom. The Hall–Kier alpha value is -3.88. The number of rotatable bonds is 6. The number of carbonyl (C=O) groups excluding carboxylic acids is 3. The molecule has 0 bridgehead atoms. The zero-order chi connectivity index (χ0) is 22.1. The number of oxime groups is 1. The predicted octanol–water partition coefficient (Wildman–Crippen LogP) is 2.17. The first-order valence-electron chi connectivity index (χ1n) is 9.61. The maximum Gasteiger partial charge on any atom is 0.338 e. The number of amides is 2. The molecule has 0 spiro atoms. The molecule has 2 aromatic rings. The lowest BCUT2D eigenvalue weighted by atomic mass is 9.93. The van der Waals surface area contributed by atoms with Crippen LogP contribution in [0.3, 0.4) is 0 Å². The second-order valence-electron chi connectivity index (χ2n) is 6.83. The van der Waals surface area contributed by atoms with Crippen LogP contribution in [-0.4, -0.2) is 50.4 Å². The van der Waals surface area contributed by atoms with Crippen LogP contribution < -0.4 is 14.4 Å². The summed E-state index contributed by atoms with van der Waals surface area (Å²) in [6.07, 6.45) is -1.07. The number of nitrogens with zero attached hydrogens (tertiary/aromatic N) is 2. The van der Waals surface area contributed by atoms with Crippen molar-refractivity contribution >= 4 is 29.2 Å². The van der Waals surface area contributed by atoms with Crippen LogP contribution in [0.2, 0.25) is 0 Å². The number of imide groups is 1. The molecule has 2 aromatic carbocycles. The van der Waals surface area contributed by atoms with Crippen molar-refractivity contribution in [1.29, 1.82) is 0 Å². The van der Waals surface area contributed by atoms with Gasteiger partial charge in [0.1, 0.15) is 23.1 Å². The Bertz CT molecular complexity index is 1080. The molecule has 4 rings (SSSR count). The van der Waals surface area contributed by atoms with Gasteiger partial charge in [-0.05, 0) is 49.4 Å². The summed E-state index contributed by atoms with van der Waals surface area (Å²) < 4.78 is 15.6. The fourth-order valence-corrected chi connectivity index (χ4v) is 3.63. The van der Waals surface area contributed by atoms with E-state index in [2.05, 4.69) is 5.16 Å². The number of fused-ring (bicyclic) bond motifs is 1. The molecule has 0 aliphatic carbocycles. The van der Waals surface area contributed by atoms with Gasteiger partial charge >= 0.3 is 5.97 Å². The van der Waals surface area contributed by atoms with E-state index in [1.165, 1.54) is 38.5 Å². The van der Waals surface area contributed by atoms with Crippen molar-refractivity contribution in [2.75, 3.05) is 25.7 Å². The van der Waals surface area contributed by atoms with Crippen LogP contribution in [0.15, 0.2) is 47.6 Å². The molecule has 2 aliphatic heterocycles. The zero-order valence-electron chi connectivity index (χ0n) is 17.2. The molecule has 31 heavy (non-hydrogen) atoms. The molecule has 2 amide bonds. The lowest BCUT2D eigenvalue weighted by molar-refractivity contribution is -0.126. The third-order valence-corrected chi connectivity index (χ3v) is 5.13. The van der Waals surface area contributed by atoms with E-state index in [0.29, 0.717) is 34.0 Å². The second-order valence-corrected chi connectivity index (χ2v) is 6.83. The summed E-state index contributed by atoms with van der Waals surface area (Å²) in [6.45, 7) is 1.96. The van der Waals surface area contributed by atoms with Crippen molar-refractivity contribution in [1.82, 2.24) is 0 Å². The Balaban J connectivity index is 1.65. The van der Waals surface area contributed by atoms with Gasteiger partial charge < -0.3 is 19.0 Å². The fraction of sp³-hybridized carbons (Fsp3) is 0.273. The monoisotopic (exact) mass is 424 g/mol. The van der Waals surface area contributed by atoms with Crippen molar-refractivity contribution in [3.8, 4) is 11.5 Å². The quantitative estimate of drug-likeness (QED) is 0.517. The number of carbonyl (C=O) groups is 3. The molecule has 160 valence electrons. The summed E-state index contributed by atoms with van der Waals surface area (Å²) >= 11 is 0. The van der Waals surface area contributed by atoms with E-state index in [4.69, 9.17) is 19.0 Å². The first-order chi connectivity index (χ1) is 15.0. The van der Waals surface area contributed by atoms with E-state index < -0.39 is 29.8 Å². The van der Waals surface area contributed by atoms with Gasteiger partial charge in [0, 0.05) is 5.56 Å². The first kappa shape index (κ1) is 20.4. The highest BCUT2D eigenvalue weighted by Crippen LogP contribution is 2.38. The van der Waals surface area contributed by atoms with Crippen molar-refractivity contribution in [2.24, 2.45) is 11.1 Å². The van der Waals surface area contributed by atoms with Gasteiger partial charge in [0.25, 0.3) is 5.91 Å². The van der Waals surface area contributed by atoms with Crippen molar-refractivity contribution < 1.29 is 33.4 Å². The average molecular weight is 424 g/mol. The van der Waals surface area contributed by atoms with E-state index in [-0.39, 0.29) is 6.61 Å². The van der Waals surface area contributed by atoms with Gasteiger partial charge in [-0.1, -0.05) is 5.16 Å². The Morgan fingerprint density at radius 1 is 1.06 bits per heavy atom. The molecule has 2 atom stereocenters. The molecule has 0 aromatic heterocycles. The van der Waals surface area contributed by atoms with Crippen molar-refractivity contribution in [2.45, 2.75) is 13.0 Å². The highest BCUT2D eigenvalue weighted by molar-refractivity contribution is 6.32. The number of ether oxygens (including phenoxy) is 3. The minimum Gasteiger partial charge on any atom is -0.497 e.